The summed E-state index contributed by atoms with van der Waals surface area (Å²) in [4.78, 5) is 20.4. The predicted octanol–water partition coefficient (Wildman–Crippen LogP) is 3.99. The Morgan fingerprint density at radius 2 is 1.89 bits per heavy atom. The van der Waals surface area contributed by atoms with Crippen molar-refractivity contribution >= 4 is 28.3 Å². The van der Waals surface area contributed by atoms with E-state index in [2.05, 4.69) is 20.4 Å². The van der Waals surface area contributed by atoms with Gasteiger partial charge in [0.1, 0.15) is 10.8 Å². The van der Waals surface area contributed by atoms with E-state index < -0.39 is 0 Å². The maximum absolute atomic E-state index is 12.6. The number of halogens is 1. The van der Waals surface area contributed by atoms with E-state index in [1.165, 1.54) is 4.68 Å². The number of anilines is 1. The van der Waals surface area contributed by atoms with Crippen molar-refractivity contribution in [3.8, 4) is 0 Å². The zero-order chi connectivity index (χ0) is 18.8. The first kappa shape index (κ1) is 17.3. The van der Waals surface area contributed by atoms with E-state index in [1.54, 1.807) is 6.20 Å². The number of nitrogens with zero attached hydrogens (tertiary/aromatic N) is 3. The number of hydrogen-bond donors (Lipinski definition) is 2. The van der Waals surface area contributed by atoms with Crippen molar-refractivity contribution in [1.29, 1.82) is 0 Å². The van der Waals surface area contributed by atoms with Gasteiger partial charge in [-0.25, -0.2) is 9.67 Å². The van der Waals surface area contributed by atoms with Crippen LogP contribution < -0.4 is 10.9 Å². The van der Waals surface area contributed by atoms with Gasteiger partial charge in [-0.3, -0.25) is 4.79 Å². The van der Waals surface area contributed by atoms with Gasteiger partial charge in [0.05, 0.1) is 35.5 Å². The second kappa shape index (κ2) is 7.25. The minimum atomic E-state index is -0.331. The number of para-hydroxylation sites is 2. The summed E-state index contributed by atoms with van der Waals surface area (Å²) in [7, 11) is 0. The van der Waals surface area contributed by atoms with Crippen LogP contribution in [0.25, 0.3) is 11.0 Å². The Morgan fingerprint density at radius 3 is 2.67 bits per heavy atom. The average Bonchev–Trinajstić information content (AvgIpc) is 3.13. The molecule has 27 heavy (non-hydrogen) atoms. The number of rotatable bonds is 5. The number of benzene rings is 2. The van der Waals surface area contributed by atoms with Crippen LogP contribution in [0.2, 0.25) is 5.02 Å². The van der Waals surface area contributed by atoms with Gasteiger partial charge in [0.2, 0.25) is 0 Å². The highest BCUT2D eigenvalue weighted by molar-refractivity contribution is 6.32. The quantitative estimate of drug-likeness (QED) is 0.549. The van der Waals surface area contributed by atoms with Crippen LogP contribution in [0.3, 0.4) is 0 Å². The molecule has 2 N–H and O–H groups in total. The number of imidazole rings is 1. The number of aromatic nitrogens is 4. The van der Waals surface area contributed by atoms with Gasteiger partial charge >= 0.3 is 0 Å². The van der Waals surface area contributed by atoms with Crippen LogP contribution in [0.5, 0.6) is 0 Å². The van der Waals surface area contributed by atoms with Crippen molar-refractivity contribution in [3.63, 3.8) is 0 Å². The molecule has 1 unspecified atom stereocenters. The zero-order valence-electron chi connectivity index (χ0n) is 14.7. The molecule has 6 nitrogen and oxygen atoms in total. The van der Waals surface area contributed by atoms with Crippen LogP contribution in [-0.4, -0.2) is 19.7 Å². The molecule has 0 aliphatic heterocycles. The van der Waals surface area contributed by atoms with Crippen LogP contribution in [0, 0.1) is 0 Å². The highest BCUT2D eigenvalue weighted by Crippen LogP contribution is 2.23. The second-order valence-electron chi connectivity index (χ2n) is 6.33. The monoisotopic (exact) mass is 379 g/mol. The number of fused-ring (bicyclic) bond motifs is 1. The lowest BCUT2D eigenvalue weighted by molar-refractivity contribution is 0.638. The molecule has 0 radical (unpaired) electrons. The molecule has 2 aromatic carbocycles. The van der Waals surface area contributed by atoms with Crippen LogP contribution in [0.1, 0.15) is 24.4 Å². The molecule has 0 saturated heterocycles. The number of aromatic amines is 1. The molecule has 0 amide bonds. The minimum absolute atomic E-state index is 0.115. The SMILES string of the molecule is CC(Nc1cnn(Cc2ccccc2)c(=O)c1Cl)c1nc2ccccc2[nH]1. The zero-order valence-corrected chi connectivity index (χ0v) is 15.4. The predicted molar refractivity (Wildman–Crippen MR) is 107 cm³/mol. The molecule has 0 aliphatic rings. The summed E-state index contributed by atoms with van der Waals surface area (Å²) in [6.45, 7) is 2.32. The maximum atomic E-state index is 12.6. The third-order valence-corrected chi connectivity index (χ3v) is 4.72. The Morgan fingerprint density at radius 1 is 1.15 bits per heavy atom. The Kier molecular flexibility index (Phi) is 4.64. The van der Waals surface area contributed by atoms with Crippen molar-refractivity contribution in [2.75, 3.05) is 5.32 Å². The lowest BCUT2D eigenvalue weighted by Crippen LogP contribution is -2.25. The van der Waals surface area contributed by atoms with Crippen LogP contribution in [0.4, 0.5) is 5.69 Å². The first-order valence-corrected chi connectivity index (χ1v) is 9.00. The smallest absolute Gasteiger partial charge is 0.287 e. The normalized spacial score (nSPS) is 12.2. The number of nitrogens with one attached hydrogen (secondary N) is 2. The van der Waals surface area contributed by atoms with Gasteiger partial charge in [-0.15, -0.1) is 0 Å². The van der Waals surface area contributed by atoms with Crippen molar-refractivity contribution < 1.29 is 0 Å². The fraction of sp³-hybridized carbons (Fsp3) is 0.150. The van der Waals surface area contributed by atoms with Gasteiger partial charge in [0, 0.05) is 0 Å². The first-order chi connectivity index (χ1) is 13.1. The Hall–Kier alpha value is -3.12. The Bertz CT molecular complexity index is 1100. The highest BCUT2D eigenvalue weighted by Gasteiger charge is 2.15. The Balaban J connectivity index is 1.57. The standard InChI is InChI=1S/C20H18ClN5O/c1-13(19-24-15-9-5-6-10-16(15)25-19)23-17-11-22-26(20(27)18(17)21)12-14-7-3-2-4-8-14/h2-11,13,23H,12H2,1H3,(H,24,25). The van der Waals surface area contributed by atoms with Gasteiger partial charge in [0.25, 0.3) is 5.56 Å². The minimum Gasteiger partial charge on any atom is -0.373 e. The summed E-state index contributed by atoms with van der Waals surface area (Å²) in [5, 5.41) is 7.58. The molecule has 2 aromatic heterocycles. The van der Waals surface area contributed by atoms with Crippen molar-refractivity contribution in [1.82, 2.24) is 19.7 Å². The molecule has 7 heteroatoms. The summed E-state index contributed by atoms with van der Waals surface area (Å²) < 4.78 is 1.36. The summed E-state index contributed by atoms with van der Waals surface area (Å²) in [5.41, 5.74) is 2.99. The molecule has 4 rings (SSSR count). The maximum Gasteiger partial charge on any atom is 0.287 e. The van der Waals surface area contributed by atoms with Crippen LogP contribution in [0.15, 0.2) is 65.6 Å². The van der Waals surface area contributed by atoms with Gasteiger partial charge in [-0.05, 0) is 24.6 Å². The van der Waals surface area contributed by atoms with Gasteiger partial charge in [0.15, 0.2) is 0 Å². The Labute approximate surface area is 160 Å². The van der Waals surface area contributed by atoms with E-state index in [0.717, 1.165) is 22.4 Å². The molecule has 1 atom stereocenters. The molecular weight excluding hydrogens is 362 g/mol. The largest absolute Gasteiger partial charge is 0.373 e. The van der Waals surface area contributed by atoms with E-state index in [4.69, 9.17) is 11.6 Å². The number of hydrogen-bond acceptors (Lipinski definition) is 4. The lowest BCUT2D eigenvalue weighted by Gasteiger charge is -2.14. The van der Waals surface area contributed by atoms with Gasteiger partial charge in [-0.2, -0.15) is 5.10 Å². The third-order valence-electron chi connectivity index (χ3n) is 4.35. The third kappa shape index (κ3) is 3.57. The van der Waals surface area contributed by atoms with Crippen molar-refractivity contribution in [2.24, 2.45) is 0 Å². The van der Waals surface area contributed by atoms with E-state index in [0.29, 0.717) is 12.2 Å². The second-order valence-corrected chi connectivity index (χ2v) is 6.70. The molecule has 4 aromatic rings. The number of H-pyrrole nitrogens is 1. The topological polar surface area (TPSA) is 75.6 Å². The van der Waals surface area contributed by atoms with Crippen molar-refractivity contribution in [2.45, 2.75) is 19.5 Å². The van der Waals surface area contributed by atoms with Crippen LogP contribution >= 0.6 is 11.6 Å². The summed E-state index contributed by atoms with van der Waals surface area (Å²) in [6.07, 6.45) is 1.58. The van der Waals surface area contributed by atoms with Crippen molar-refractivity contribution in [3.05, 3.63) is 87.6 Å². The lowest BCUT2D eigenvalue weighted by atomic mass is 10.2. The average molecular weight is 380 g/mol. The summed E-state index contributed by atoms with van der Waals surface area (Å²) >= 11 is 6.31. The highest BCUT2D eigenvalue weighted by atomic mass is 35.5. The molecule has 0 spiro atoms. The molecular formula is C20H18ClN5O. The fourth-order valence-electron chi connectivity index (χ4n) is 2.91. The van der Waals surface area contributed by atoms with Gasteiger partial charge < -0.3 is 10.3 Å². The van der Waals surface area contributed by atoms with Crippen LogP contribution in [-0.2, 0) is 6.54 Å². The summed E-state index contributed by atoms with van der Waals surface area (Å²) in [6, 6.07) is 17.3. The van der Waals surface area contributed by atoms with E-state index in [-0.39, 0.29) is 16.6 Å². The fourth-order valence-corrected chi connectivity index (χ4v) is 3.11. The molecule has 0 bridgehead atoms. The molecule has 0 aliphatic carbocycles. The van der Waals surface area contributed by atoms with Gasteiger partial charge in [-0.1, -0.05) is 54.1 Å². The van der Waals surface area contributed by atoms with E-state index >= 15 is 0 Å². The first-order valence-electron chi connectivity index (χ1n) is 8.62. The molecule has 0 fully saturated rings. The molecule has 0 saturated carbocycles. The molecule has 2 heterocycles. The van der Waals surface area contributed by atoms with E-state index in [9.17, 15) is 4.79 Å². The molecule has 136 valence electrons. The van der Waals surface area contributed by atoms with E-state index in [1.807, 2.05) is 61.5 Å². The summed E-state index contributed by atoms with van der Waals surface area (Å²) in [5.74, 6) is 0.765.